The standard InChI is InChI=1S/C26H32N4O3S/c1-19-7-3-4-8-22(19)20-9-11-21(12-10-20)26-23-15-29(13-5-6-14-30(23)24(26)17-31)34(32,33)25-16-28(2)18-27-25/h3-4,7-12,16,18,23-24,26,31H,5-6,13-15,17H2,1-2H3/t23-,24+,26-/m1/s1. The predicted octanol–water partition coefficient (Wildman–Crippen LogP) is 3.01. The second-order valence-electron chi connectivity index (χ2n) is 9.47. The summed E-state index contributed by atoms with van der Waals surface area (Å²) in [5.41, 5.74) is 4.75. The second-order valence-corrected chi connectivity index (χ2v) is 11.4. The van der Waals surface area contributed by atoms with Crippen LogP contribution in [-0.4, -0.2) is 70.6 Å². The molecule has 0 amide bonds. The van der Waals surface area contributed by atoms with Crippen LogP contribution in [0.1, 0.15) is 29.9 Å². The zero-order valence-corrected chi connectivity index (χ0v) is 20.5. The number of fused-ring (bicyclic) bond motifs is 1. The number of hydrogen-bond donors (Lipinski definition) is 1. The molecule has 7 nitrogen and oxygen atoms in total. The molecule has 34 heavy (non-hydrogen) atoms. The molecule has 2 aromatic carbocycles. The van der Waals surface area contributed by atoms with Gasteiger partial charge < -0.3 is 9.67 Å². The number of aryl methyl sites for hydroxylation is 2. The Bertz CT molecular complexity index is 1260. The Hall–Kier alpha value is -2.52. The van der Waals surface area contributed by atoms with E-state index < -0.39 is 10.0 Å². The SMILES string of the molecule is Cc1ccccc1-c1ccc([C@@H]2[C@H]3CN(S(=O)(=O)c4cn(C)cn4)CCCCN3[C@H]2CO)cc1. The molecule has 3 heterocycles. The molecule has 2 saturated heterocycles. The molecule has 180 valence electrons. The van der Waals surface area contributed by atoms with Crippen molar-refractivity contribution in [2.45, 2.75) is 42.8 Å². The minimum atomic E-state index is -3.67. The van der Waals surface area contributed by atoms with Crippen LogP contribution in [0.2, 0.25) is 0 Å². The Balaban J connectivity index is 1.43. The van der Waals surface area contributed by atoms with Crippen molar-refractivity contribution in [1.82, 2.24) is 18.8 Å². The molecule has 5 rings (SSSR count). The number of aliphatic hydroxyl groups excluding tert-OH is 1. The molecule has 1 aromatic heterocycles. The molecule has 0 bridgehead atoms. The van der Waals surface area contributed by atoms with E-state index in [9.17, 15) is 13.5 Å². The quantitative estimate of drug-likeness (QED) is 0.607. The molecule has 2 fully saturated rings. The van der Waals surface area contributed by atoms with Crippen LogP contribution >= 0.6 is 0 Å². The molecule has 0 radical (unpaired) electrons. The molecule has 2 aliphatic heterocycles. The van der Waals surface area contributed by atoms with Crippen LogP contribution in [0.15, 0.2) is 66.1 Å². The predicted molar refractivity (Wildman–Crippen MR) is 132 cm³/mol. The minimum Gasteiger partial charge on any atom is -0.395 e. The maximum absolute atomic E-state index is 13.4. The van der Waals surface area contributed by atoms with E-state index in [1.807, 2.05) is 12.1 Å². The van der Waals surface area contributed by atoms with Gasteiger partial charge in [-0.3, -0.25) is 4.90 Å². The molecule has 0 unspecified atom stereocenters. The van der Waals surface area contributed by atoms with E-state index in [2.05, 4.69) is 53.2 Å². The third-order valence-corrected chi connectivity index (χ3v) is 9.12. The van der Waals surface area contributed by atoms with Crippen LogP contribution in [0.25, 0.3) is 11.1 Å². The van der Waals surface area contributed by atoms with E-state index in [0.717, 1.165) is 30.5 Å². The minimum absolute atomic E-state index is 0.00631. The highest BCUT2D eigenvalue weighted by Crippen LogP contribution is 2.43. The van der Waals surface area contributed by atoms with Crippen LogP contribution in [0.5, 0.6) is 0 Å². The van der Waals surface area contributed by atoms with Crippen LogP contribution in [0.3, 0.4) is 0 Å². The van der Waals surface area contributed by atoms with Gasteiger partial charge in [-0.15, -0.1) is 0 Å². The normalized spacial score (nSPS) is 24.1. The lowest BCUT2D eigenvalue weighted by Crippen LogP contribution is -2.67. The topological polar surface area (TPSA) is 78.7 Å². The fraction of sp³-hybridized carbons (Fsp3) is 0.423. The third-order valence-electron chi connectivity index (χ3n) is 7.37. The van der Waals surface area contributed by atoms with Crippen molar-refractivity contribution >= 4 is 10.0 Å². The lowest BCUT2D eigenvalue weighted by atomic mass is 9.74. The Kier molecular flexibility index (Phi) is 6.33. The van der Waals surface area contributed by atoms with Gasteiger partial charge in [-0.2, -0.15) is 4.31 Å². The number of imidazole rings is 1. The van der Waals surface area contributed by atoms with Crippen molar-refractivity contribution in [3.05, 3.63) is 72.2 Å². The van der Waals surface area contributed by atoms with Gasteiger partial charge in [0, 0.05) is 44.3 Å². The number of benzene rings is 2. The first-order chi connectivity index (χ1) is 16.4. The molecule has 3 atom stereocenters. The first-order valence-electron chi connectivity index (χ1n) is 11.9. The Morgan fingerprint density at radius 2 is 1.79 bits per heavy atom. The second kappa shape index (κ2) is 9.26. The van der Waals surface area contributed by atoms with E-state index >= 15 is 0 Å². The number of aliphatic hydroxyl groups is 1. The highest BCUT2D eigenvalue weighted by atomic mass is 32.2. The van der Waals surface area contributed by atoms with Crippen molar-refractivity contribution in [1.29, 1.82) is 0 Å². The number of rotatable bonds is 5. The van der Waals surface area contributed by atoms with Gasteiger partial charge in [0.15, 0.2) is 5.03 Å². The average molecular weight is 481 g/mol. The summed E-state index contributed by atoms with van der Waals surface area (Å²) in [4.78, 5) is 6.40. The lowest BCUT2D eigenvalue weighted by molar-refractivity contribution is -0.0554. The highest BCUT2D eigenvalue weighted by molar-refractivity contribution is 7.89. The van der Waals surface area contributed by atoms with Crippen molar-refractivity contribution in [3.63, 3.8) is 0 Å². The zero-order chi connectivity index (χ0) is 23.9. The molecule has 0 saturated carbocycles. The van der Waals surface area contributed by atoms with Crippen LogP contribution in [0.4, 0.5) is 0 Å². The summed E-state index contributed by atoms with van der Waals surface area (Å²) in [5.74, 6) is 0.0791. The van der Waals surface area contributed by atoms with Gasteiger partial charge in [0.25, 0.3) is 10.0 Å². The van der Waals surface area contributed by atoms with E-state index in [1.54, 1.807) is 22.1 Å². The summed E-state index contributed by atoms with van der Waals surface area (Å²) >= 11 is 0. The molecule has 0 spiro atoms. The summed E-state index contributed by atoms with van der Waals surface area (Å²) in [6, 6.07) is 16.9. The van der Waals surface area contributed by atoms with Gasteiger partial charge in [0.05, 0.1) is 12.9 Å². The van der Waals surface area contributed by atoms with E-state index in [1.165, 1.54) is 17.5 Å². The van der Waals surface area contributed by atoms with Crippen molar-refractivity contribution < 1.29 is 13.5 Å². The summed E-state index contributed by atoms with van der Waals surface area (Å²) < 4.78 is 30.0. The van der Waals surface area contributed by atoms with Crippen LogP contribution in [-0.2, 0) is 17.1 Å². The number of nitrogens with zero attached hydrogens (tertiary/aromatic N) is 4. The van der Waals surface area contributed by atoms with E-state index in [4.69, 9.17) is 0 Å². The van der Waals surface area contributed by atoms with Crippen molar-refractivity contribution in [2.24, 2.45) is 7.05 Å². The average Bonchev–Trinajstić information content (AvgIpc) is 3.26. The molecule has 2 aliphatic rings. The Morgan fingerprint density at radius 1 is 1.06 bits per heavy atom. The molecular weight excluding hydrogens is 448 g/mol. The number of hydrogen-bond acceptors (Lipinski definition) is 5. The first kappa shape index (κ1) is 23.2. The molecule has 1 N–H and O–H groups in total. The molecule has 3 aromatic rings. The van der Waals surface area contributed by atoms with Gasteiger partial charge >= 0.3 is 0 Å². The van der Waals surface area contributed by atoms with Crippen molar-refractivity contribution in [2.75, 3.05) is 26.2 Å². The first-order valence-corrected chi connectivity index (χ1v) is 13.3. The molecule has 8 heteroatoms. The zero-order valence-electron chi connectivity index (χ0n) is 19.7. The smallest absolute Gasteiger partial charge is 0.262 e. The molecular formula is C26H32N4O3S. The fourth-order valence-electron chi connectivity index (χ4n) is 5.56. The van der Waals surface area contributed by atoms with Gasteiger partial charge in [-0.25, -0.2) is 13.4 Å². The van der Waals surface area contributed by atoms with Crippen LogP contribution < -0.4 is 0 Å². The van der Waals surface area contributed by atoms with Crippen LogP contribution in [0, 0.1) is 6.92 Å². The van der Waals surface area contributed by atoms with Gasteiger partial charge in [0.1, 0.15) is 0 Å². The Morgan fingerprint density at radius 3 is 2.47 bits per heavy atom. The summed E-state index contributed by atoms with van der Waals surface area (Å²) in [6.45, 7) is 3.95. The lowest BCUT2D eigenvalue weighted by Gasteiger charge is -2.57. The van der Waals surface area contributed by atoms with Gasteiger partial charge in [0.2, 0.25) is 0 Å². The summed E-state index contributed by atoms with van der Waals surface area (Å²) in [6.07, 6.45) is 4.78. The monoisotopic (exact) mass is 480 g/mol. The maximum atomic E-state index is 13.4. The van der Waals surface area contributed by atoms with Gasteiger partial charge in [-0.1, -0.05) is 48.5 Å². The largest absolute Gasteiger partial charge is 0.395 e. The Labute approximate surface area is 201 Å². The van der Waals surface area contributed by atoms with Gasteiger partial charge in [-0.05, 0) is 48.6 Å². The number of sulfonamides is 1. The van der Waals surface area contributed by atoms with Crippen molar-refractivity contribution in [3.8, 4) is 11.1 Å². The summed E-state index contributed by atoms with van der Waals surface area (Å²) in [7, 11) is -1.89. The molecule has 0 aliphatic carbocycles. The highest BCUT2D eigenvalue weighted by Gasteiger charge is 2.50. The summed E-state index contributed by atoms with van der Waals surface area (Å²) in [5, 5.41) is 10.3. The fourth-order valence-corrected chi connectivity index (χ4v) is 7.03. The van der Waals surface area contributed by atoms with E-state index in [0.29, 0.717) is 13.1 Å². The van der Waals surface area contributed by atoms with E-state index in [-0.39, 0.29) is 29.6 Å². The maximum Gasteiger partial charge on any atom is 0.262 e. The third kappa shape index (κ3) is 4.09. The number of aromatic nitrogens is 2.